The molecule has 0 bridgehead atoms. The second-order valence-corrected chi connectivity index (χ2v) is 3.76. The van der Waals surface area contributed by atoms with Crippen molar-refractivity contribution in [1.29, 1.82) is 0 Å². The molecule has 3 rings (SSSR count). The van der Waals surface area contributed by atoms with E-state index in [-0.39, 0.29) is 0 Å². The van der Waals surface area contributed by atoms with Crippen LogP contribution in [0.2, 0.25) is 5.02 Å². The van der Waals surface area contributed by atoms with E-state index in [1.54, 1.807) is 10.7 Å². The van der Waals surface area contributed by atoms with Gasteiger partial charge in [-0.1, -0.05) is 11.6 Å². The van der Waals surface area contributed by atoms with Crippen molar-refractivity contribution in [3.63, 3.8) is 0 Å². The van der Waals surface area contributed by atoms with E-state index in [0.717, 1.165) is 22.5 Å². The van der Waals surface area contributed by atoms with Crippen molar-refractivity contribution in [3.8, 4) is 0 Å². The van der Waals surface area contributed by atoms with Crippen LogP contribution in [0.15, 0.2) is 24.4 Å². The van der Waals surface area contributed by atoms with E-state index in [9.17, 15) is 0 Å². The van der Waals surface area contributed by atoms with E-state index in [1.165, 1.54) is 0 Å². The lowest BCUT2D eigenvalue weighted by Crippen LogP contribution is -1.92. The Morgan fingerprint density at radius 2 is 2.20 bits per heavy atom. The summed E-state index contributed by atoms with van der Waals surface area (Å²) in [6, 6.07) is 5.52. The highest BCUT2D eigenvalue weighted by molar-refractivity contribution is 6.31. The van der Waals surface area contributed by atoms with Gasteiger partial charge in [-0.3, -0.25) is 4.98 Å². The van der Waals surface area contributed by atoms with Crippen LogP contribution in [0.25, 0.3) is 16.7 Å². The summed E-state index contributed by atoms with van der Waals surface area (Å²) in [6.07, 6.45) is 1.70. The fourth-order valence-electron chi connectivity index (χ4n) is 1.59. The molecule has 0 fully saturated rings. The van der Waals surface area contributed by atoms with Gasteiger partial charge in [-0.25, -0.2) is 9.50 Å². The third-order valence-electron chi connectivity index (χ3n) is 2.22. The van der Waals surface area contributed by atoms with Gasteiger partial charge in [-0.15, -0.1) is 0 Å². The predicted molar refractivity (Wildman–Crippen MR) is 58.0 cm³/mol. The minimum atomic E-state index is 0.671. The Morgan fingerprint density at radius 1 is 1.33 bits per heavy atom. The van der Waals surface area contributed by atoms with Crippen molar-refractivity contribution < 1.29 is 0 Å². The second kappa shape index (κ2) is 2.90. The first-order chi connectivity index (χ1) is 7.24. The van der Waals surface area contributed by atoms with Gasteiger partial charge >= 0.3 is 0 Å². The lowest BCUT2D eigenvalue weighted by atomic mass is 10.3. The lowest BCUT2D eigenvalue weighted by molar-refractivity contribution is 0.960. The molecule has 0 aliphatic carbocycles. The van der Waals surface area contributed by atoms with Crippen molar-refractivity contribution in [2.75, 3.05) is 0 Å². The van der Waals surface area contributed by atoms with Crippen molar-refractivity contribution in [3.05, 3.63) is 35.2 Å². The summed E-state index contributed by atoms with van der Waals surface area (Å²) in [5.41, 5.74) is 2.47. The molecule has 4 nitrogen and oxygen atoms in total. The van der Waals surface area contributed by atoms with Crippen LogP contribution < -0.4 is 0 Å². The van der Waals surface area contributed by atoms with Crippen LogP contribution in [0.3, 0.4) is 0 Å². The maximum atomic E-state index is 5.94. The van der Waals surface area contributed by atoms with E-state index in [1.807, 2.05) is 25.1 Å². The van der Waals surface area contributed by atoms with E-state index >= 15 is 0 Å². The zero-order valence-electron chi connectivity index (χ0n) is 7.98. The van der Waals surface area contributed by atoms with Crippen LogP contribution in [0.4, 0.5) is 0 Å². The van der Waals surface area contributed by atoms with Crippen molar-refractivity contribution in [2.45, 2.75) is 6.92 Å². The Kier molecular flexibility index (Phi) is 1.67. The Balaban J connectivity index is 2.56. The molecular weight excluding hydrogens is 212 g/mol. The molecule has 5 heteroatoms. The van der Waals surface area contributed by atoms with Crippen LogP contribution in [0.5, 0.6) is 0 Å². The molecule has 3 aromatic rings. The second-order valence-electron chi connectivity index (χ2n) is 3.32. The number of hydrogen-bond acceptors (Lipinski definition) is 3. The third kappa shape index (κ3) is 1.26. The quantitative estimate of drug-likeness (QED) is 0.581. The number of halogens is 1. The average molecular weight is 219 g/mol. The number of benzene rings is 1. The number of aromatic nitrogens is 4. The molecule has 0 aliphatic rings. The number of aryl methyl sites for hydroxylation is 1. The highest BCUT2D eigenvalue weighted by Gasteiger charge is 2.05. The first-order valence-corrected chi connectivity index (χ1v) is 4.89. The summed E-state index contributed by atoms with van der Waals surface area (Å²) < 4.78 is 1.75. The van der Waals surface area contributed by atoms with Gasteiger partial charge in [0.1, 0.15) is 5.82 Å². The van der Waals surface area contributed by atoms with Crippen LogP contribution in [-0.4, -0.2) is 19.6 Å². The molecule has 0 amide bonds. The lowest BCUT2D eigenvalue weighted by Gasteiger charge is -1.99. The summed E-state index contributed by atoms with van der Waals surface area (Å²) >= 11 is 5.94. The minimum Gasteiger partial charge on any atom is -0.251 e. The summed E-state index contributed by atoms with van der Waals surface area (Å²) in [6.45, 7) is 1.85. The summed E-state index contributed by atoms with van der Waals surface area (Å²) in [5, 5.41) is 4.96. The molecule has 2 aromatic heterocycles. The molecule has 0 radical (unpaired) electrons. The number of nitrogens with zero attached hydrogens (tertiary/aromatic N) is 4. The predicted octanol–water partition coefficient (Wildman–Crippen LogP) is 2.24. The fourth-order valence-corrected chi connectivity index (χ4v) is 1.76. The van der Waals surface area contributed by atoms with E-state index in [0.29, 0.717) is 5.02 Å². The molecule has 0 atom stereocenters. The number of hydrogen-bond donors (Lipinski definition) is 0. The molecule has 2 heterocycles. The zero-order chi connectivity index (χ0) is 10.4. The highest BCUT2D eigenvalue weighted by Crippen LogP contribution is 2.18. The standard InChI is InChI=1S/C10H7ClN4/c1-6-13-10-5-12-8-3-2-7(11)4-9(8)15(10)14-6/h2-5H,1H3. The van der Waals surface area contributed by atoms with Crippen molar-refractivity contribution >= 4 is 28.3 Å². The van der Waals surface area contributed by atoms with E-state index in [4.69, 9.17) is 11.6 Å². The highest BCUT2D eigenvalue weighted by atomic mass is 35.5. The van der Waals surface area contributed by atoms with Gasteiger partial charge in [0, 0.05) is 5.02 Å². The maximum Gasteiger partial charge on any atom is 0.174 e. The normalized spacial score (nSPS) is 11.3. The van der Waals surface area contributed by atoms with Gasteiger partial charge in [-0.05, 0) is 25.1 Å². The Hall–Kier alpha value is -1.68. The Bertz CT molecular complexity index is 659. The number of fused-ring (bicyclic) bond motifs is 3. The van der Waals surface area contributed by atoms with Crippen LogP contribution in [-0.2, 0) is 0 Å². The van der Waals surface area contributed by atoms with Crippen molar-refractivity contribution in [1.82, 2.24) is 19.6 Å². The molecular formula is C10H7ClN4. The SMILES string of the molecule is Cc1nc2cnc3ccc(Cl)cc3n2n1. The summed E-state index contributed by atoms with van der Waals surface area (Å²) in [5.74, 6) is 0.726. The summed E-state index contributed by atoms with van der Waals surface area (Å²) in [7, 11) is 0. The van der Waals surface area contributed by atoms with Crippen LogP contribution in [0.1, 0.15) is 5.82 Å². The molecule has 0 aliphatic heterocycles. The Morgan fingerprint density at radius 3 is 3.07 bits per heavy atom. The topological polar surface area (TPSA) is 43.1 Å². The third-order valence-corrected chi connectivity index (χ3v) is 2.46. The molecule has 0 spiro atoms. The molecule has 1 aromatic carbocycles. The molecule has 0 saturated carbocycles. The minimum absolute atomic E-state index is 0.671. The van der Waals surface area contributed by atoms with Crippen LogP contribution >= 0.6 is 11.6 Å². The van der Waals surface area contributed by atoms with Gasteiger partial charge in [-0.2, -0.15) is 5.10 Å². The Labute approximate surface area is 90.5 Å². The van der Waals surface area contributed by atoms with Gasteiger partial charge in [0.2, 0.25) is 0 Å². The van der Waals surface area contributed by atoms with E-state index < -0.39 is 0 Å². The average Bonchev–Trinajstić information content (AvgIpc) is 2.58. The fraction of sp³-hybridized carbons (Fsp3) is 0.100. The van der Waals surface area contributed by atoms with Crippen LogP contribution in [0, 0.1) is 6.92 Å². The smallest absolute Gasteiger partial charge is 0.174 e. The molecule has 74 valence electrons. The first-order valence-electron chi connectivity index (χ1n) is 4.52. The molecule has 15 heavy (non-hydrogen) atoms. The largest absolute Gasteiger partial charge is 0.251 e. The zero-order valence-corrected chi connectivity index (χ0v) is 8.73. The van der Waals surface area contributed by atoms with Gasteiger partial charge in [0.25, 0.3) is 0 Å². The molecule has 0 unspecified atom stereocenters. The van der Waals surface area contributed by atoms with Gasteiger partial charge in [0.05, 0.1) is 17.2 Å². The van der Waals surface area contributed by atoms with Crippen molar-refractivity contribution in [2.24, 2.45) is 0 Å². The maximum absolute atomic E-state index is 5.94. The van der Waals surface area contributed by atoms with E-state index in [2.05, 4.69) is 15.1 Å². The number of rotatable bonds is 0. The first kappa shape index (κ1) is 8.61. The van der Waals surface area contributed by atoms with Gasteiger partial charge < -0.3 is 0 Å². The monoisotopic (exact) mass is 218 g/mol. The molecule has 0 saturated heterocycles. The summed E-state index contributed by atoms with van der Waals surface area (Å²) in [4.78, 5) is 8.52. The van der Waals surface area contributed by atoms with Gasteiger partial charge in [0.15, 0.2) is 5.65 Å². The molecule has 0 N–H and O–H groups in total.